The van der Waals surface area contributed by atoms with E-state index in [1.807, 2.05) is 0 Å². The number of piperidine rings is 1. The van der Waals surface area contributed by atoms with Crippen molar-refractivity contribution in [1.29, 1.82) is 0 Å². The topological polar surface area (TPSA) is 92.5 Å². The maximum atomic E-state index is 13.8. The lowest BCUT2D eigenvalue weighted by molar-refractivity contribution is 0.0932. The molecule has 0 spiro atoms. The number of sulfonamides is 1. The van der Waals surface area contributed by atoms with Crippen molar-refractivity contribution in [2.24, 2.45) is 5.92 Å². The van der Waals surface area contributed by atoms with Gasteiger partial charge < -0.3 is 9.84 Å². The van der Waals surface area contributed by atoms with E-state index in [9.17, 15) is 22.0 Å². The van der Waals surface area contributed by atoms with Crippen molar-refractivity contribution < 1.29 is 26.5 Å². The van der Waals surface area contributed by atoms with Crippen LogP contribution in [0.15, 0.2) is 28.8 Å². The molecule has 1 N–H and O–H groups in total. The minimum Gasteiger partial charge on any atom is -0.355 e. The summed E-state index contributed by atoms with van der Waals surface area (Å²) in [6.07, 6.45) is 2.85. The second-order valence-corrected chi connectivity index (χ2v) is 9.71. The number of aromatic nitrogens is 1. The third-order valence-corrected chi connectivity index (χ3v) is 7.77. The van der Waals surface area contributed by atoms with Gasteiger partial charge in [0.25, 0.3) is 5.91 Å². The molecular weight excluding hydrogens is 404 g/mol. The zero-order valence-electron chi connectivity index (χ0n) is 15.6. The Labute approximate surface area is 167 Å². The van der Waals surface area contributed by atoms with E-state index < -0.39 is 27.6 Å². The highest BCUT2D eigenvalue weighted by atomic mass is 32.2. The summed E-state index contributed by atoms with van der Waals surface area (Å²) >= 11 is 0. The summed E-state index contributed by atoms with van der Waals surface area (Å²) in [5.41, 5.74) is 0.0136. The summed E-state index contributed by atoms with van der Waals surface area (Å²) < 4.78 is 57.9. The summed E-state index contributed by atoms with van der Waals surface area (Å²) in [5, 5.41) is 6.22. The first kappa shape index (κ1) is 20.0. The predicted molar refractivity (Wildman–Crippen MR) is 100 cm³/mol. The number of carbonyl (C=O) groups is 1. The van der Waals surface area contributed by atoms with Crippen molar-refractivity contribution in [1.82, 2.24) is 14.8 Å². The normalized spacial score (nSPS) is 18.7. The minimum absolute atomic E-state index is 0.00234. The van der Waals surface area contributed by atoms with Crippen molar-refractivity contribution in [3.63, 3.8) is 0 Å². The first-order valence-corrected chi connectivity index (χ1v) is 11.0. The molecule has 29 heavy (non-hydrogen) atoms. The molecule has 2 fully saturated rings. The van der Waals surface area contributed by atoms with Crippen LogP contribution in [0.1, 0.15) is 36.2 Å². The van der Waals surface area contributed by atoms with Crippen LogP contribution in [0.5, 0.6) is 0 Å². The summed E-state index contributed by atoms with van der Waals surface area (Å²) in [4.78, 5) is 12.3. The van der Waals surface area contributed by atoms with Gasteiger partial charge in [-0.3, -0.25) is 4.79 Å². The van der Waals surface area contributed by atoms with Gasteiger partial charge in [0.15, 0.2) is 11.5 Å². The number of rotatable bonds is 6. The third kappa shape index (κ3) is 4.32. The minimum atomic E-state index is -3.15. The Morgan fingerprint density at radius 2 is 1.90 bits per heavy atom. The highest BCUT2D eigenvalue weighted by molar-refractivity contribution is 7.90. The molecule has 10 heteroatoms. The fourth-order valence-electron chi connectivity index (χ4n) is 3.47. The first-order valence-electron chi connectivity index (χ1n) is 9.54. The van der Waals surface area contributed by atoms with Crippen molar-refractivity contribution in [2.45, 2.75) is 30.9 Å². The van der Waals surface area contributed by atoms with Gasteiger partial charge in [-0.05, 0) is 43.7 Å². The van der Waals surface area contributed by atoms with Gasteiger partial charge in [-0.1, -0.05) is 5.16 Å². The lowest BCUT2D eigenvalue weighted by Gasteiger charge is -2.31. The number of nitrogens with zero attached hydrogens (tertiary/aromatic N) is 2. The van der Waals surface area contributed by atoms with Crippen LogP contribution in [0, 0.1) is 17.6 Å². The Kier molecular flexibility index (Phi) is 5.39. The second kappa shape index (κ2) is 7.83. The van der Waals surface area contributed by atoms with Crippen LogP contribution in [0.3, 0.4) is 0 Å². The summed E-state index contributed by atoms with van der Waals surface area (Å²) in [6, 6.07) is 4.34. The van der Waals surface area contributed by atoms with Gasteiger partial charge in [-0.15, -0.1) is 0 Å². The molecule has 1 saturated carbocycles. The highest BCUT2D eigenvalue weighted by Crippen LogP contribution is 2.33. The number of halogens is 2. The fourth-order valence-corrected chi connectivity index (χ4v) is 5.34. The molecule has 7 nitrogen and oxygen atoms in total. The van der Waals surface area contributed by atoms with Gasteiger partial charge in [0, 0.05) is 31.8 Å². The second-order valence-electron chi connectivity index (χ2n) is 7.50. The molecule has 2 aliphatic rings. The van der Waals surface area contributed by atoms with Crippen molar-refractivity contribution in [3.8, 4) is 11.3 Å². The summed E-state index contributed by atoms with van der Waals surface area (Å²) in [6.45, 7) is 1.33. The average Bonchev–Trinajstić information content (AvgIpc) is 3.45. The molecule has 0 radical (unpaired) electrons. The Morgan fingerprint density at radius 1 is 1.17 bits per heavy atom. The number of benzene rings is 1. The molecule has 156 valence electrons. The molecule has 0 atom stereocenters. The molecule has 1 saturated heterocycles. The van der Waals surface area contributed by atoms with Crippen LogP contribution in [0.2, 0.25) is 0 Å². The number of carbonyl (C=O) groups excluding carboxylic acids is 1. The van der Waals surface area contributed by atoms with E-state index in [2.05, 4.69) is 10.5 Å². The van der Waals surface area contributed by atoms with Crippen molar-refractivity contribution >= 4 is 15.9 Å². The summed E-state index contributed by atoms with van der Waals surface area (Å²) in [5.74, 6) is -1.77. The van der Waals surface area contributed by atoms with Crippen LogP contribution in [0.4, 0.5) is 8.78 Å². The Morgan fingerprint density at radius 3 is 2.55 bits per heavy atom. The largest absolute Gasteiger partial charge is 0.355 e. The van der Waals surface area contributed by atoms with E-state index in [4.69, 9.17) is 4.52 Å². The van der Waals surface area contributed by atoms with Gasteiger partial charge in [-0.25, -0.2) is 21.5 Å². The molecule has 2 heterocycles. The molecule has 1 aliphatic heterocycles. The molecule has 0 unspecified atom stereocenters. The SMILES string of the molecule is O=C(NCC1CCN(S(=O)(=O)C2CC2)CC1)c1cc(-c2ccc(F)cc2F)on1. The van der Waals surface area contributed by atoms with Gasteiger partial charge in [0.05, 0.1) is 10.8 Å². The van der Waals surface area contributed by atoms with Gasteiger partial charge >= 0.3 is 0 Å². The lowest BCUT2D eigenvalue weighted by atomic mass is 9.98. The van der Waals surface area contributed by atoms with E-state index >= 15 is 0 Å². The molecule has 1 aromatic heterocycles. The molecule has 2 aromatic rings. The summed E-state index contributed by atoms with van der Waals surface area (Å²) in [7, 11) is -3.15. The molecular formula is C19H21F2N3O4S. The quantitative estimate of drug-likeness (QED) is 0.768. The van der Waals surface area contributed by atoms with Gasteiger partial charge in [0.1, 0.15) is 11.6 Å². The number of amides is 1. The monoisotopic (exact) mass is 425 g/mol. The zero-order chi connectivity index (χ0) is 20.6. The molecule has 4 rings (SSSR count). The molecule has 1 aromatic carbocycles. The maximum absolute atomic E-state index is 13.8. The van der Waals surface area contributed by atoms with E-state index in [-0.39, 0.29) is 28.2 Å². The average molecular weight is 425 g/mol. The molecule has 1 aliphatic carbocycles. The smallest absolute Gasteiger partial charge is 0.273 e. The van der Waals surface area contributed by atoms with E-state index in [1.165, 1.54) is 12.1 Å². The zero-order valence-corrected chi connectivity index (χ0v) is 16.4. The van der Waals surface area contributed by atoms with Gasteiger partial charge in [0.2, 0.25) is 10.0 Å². The van der Waals surface area contributed by atoms with E-state index in [0.29, 0.717) is 32.5 Å². The third-order valence-electron chi connectivity index (χ3n) is 5.37. The van der Waals surface area contributed by atoms with Crippen LogP contribution in [0.25, 0.3) is 11.3 Å². The van der Waals surface area contributed by atoms with Crippen LogP contribution in [-0.2, 0) is 10.0 Å². The fraction of sp³-hybridized carbons (Fsp3) is 0.474. The Bertz CT molecular complexity index is 1010. The number of nitrogens with one attached hydrogen (secondary N) is 1. The number of hydrogen-bond acceptors (Lipinski definition) is 5. The molecule has 0 bridgehead atoms. The van der Waals surface area contributed by atoms with Crippen LogP contribution in [-0.4, -0.2) is 48.7 Å². The number of hydrogen-bond donors (Lipinski definition) is 1. The standard InChI is InChI=1S/C19H21F2N3O4S/c20-13-1-4-15(16(21)9-13)18-10-17(23-28-18)19(25)22-11-12-5-7-24(8-6-12)29(26,27)14-2-3-14/h1,4,9-10,12,14H,2-3,5-8,11H2,(H,22,25). The van der Waals surface area contributed by atoms with Gasteiger partial charge in [-0.2, -0.15) is 0 Å². The molecule has 1 amide bonds. The predicted octanol–water partition coefficient (Wildman–Crippen LogP) is 2.55. The Balaban J connectivity index is 1.30. The van der Waals surface area contributed by atoms with Crippen molar-refractivity contribution in [2.75, 3.05) is 19.6 Å². The van der Waals surface area contributed by atoms with Crippen LogP contribution >= 0.6 is 0 Å². The maximum Gasteiger partial charge on any atom is 0.273 e. The highest BCUT2D eigenvalue weighted by Gasteiger charge is 2.41. The first-order chi connectivity index (χ1) is 13.8. The van der Waals surface area contributed by atoms with Crippen molar-refractivity contribution in [3.05, 3.63) is 41.6 Å². The Hall–Kier alpha value is -2.33. The lowest BCUT2D eigenvalue weighted by Crippen LogP contribution is -2.42. The van der Waals surface area contributed by atoms with E-state index in [0.717, 1.165) is 25.0 Å². The van der Waals surface area contributed by atoms with E-state index in [1.54, 1.807) is 4.31 Å². The van der Waals surface area contributed by atoms with Crippen LogP contribution < -0.4 is 5.32 Å².